The molecule has 0 aliphatic rings. The molecule has 17 heavy (non-hydrogen) atoms. The molecule has 0 spiro atoms. The van der Waals surface area contributed by atoms with Crippen LogP contribution in [0.15, 0.2) is 18.2 Å². The Kier molecular flexibility index (Phi) is 3.67. The Morgan fingerprint density at radius 1 is 1.41 bits per heavy atom. The zero-order valence-electron chi connectivity index (χ0n) is 9.94. The number of carbonyl (C=O) groups is 2. The molecular weight excluding hydrogens is 222 g/mol. The van der Waals surface area contributed by atoms with Crippen LogP contribution in [-0.4, -0.2) is 27.2 Å². The van der Waals surface area contributed by atoms with E-state index >= 15 is 0 Å². The number of anilines is 1. The first-order valence-electron chi connectivity index (χ1n) is 5.07. The number of hydrogen-bond acceptors (Lipinski definition) is 3. The second-order valence-corrected chi connectivity index (χ2v) is 4.58. The van der Waals surface area contributed by atoms with E-state index in [2.05, 4.69) is 15.5 Å². The minimum Gasteiger partial charge on any atom is -0.478 e. The van der Waals surface area contributed by atoms with Gasteiger partial charge in [0.05, 0.1) is 0 Å². The van der Waals surface area contributed by atoms with E-state index in [9.17, 15) is 9.59 Å². The Morgan fingerprint density at radius 2 is 2.06 bits per heavy atom. The lowest BCUT2D eigenvalue weighted by Gasteiger charge is -2.14. The van der Waals surface area contributed by atoms with Gasteiger partial charge in [-0.2, -0.15) is 5.10 Å². The zero-order valence-corrected chi connectivity index (χ0v) is 9.94. The Balaban J connectivity index is 2.67. The molecule has 0 saturated heterocycles. The molecule has 1 aromatic rings. The molecular formula is C11H15N3O3. The van der Waals surface area contributed by atoms with Crippen molar-refractivity contribution in [1.29, 1.82) is 0 Å². The summed E-state index contributed by atoms with van der Waals surface area (Å²) in [7, 11) is 0. The lowest BCUT2D eigenvalue weighted by Crippen LogP contribution is -2.11. The summed E-state index contributed by atoms with van der Waals surface area (Å²) in [4.78, 5) is 21.5. The minimum atomic E-state index is -1.17. The second-order valence-electron chi connectivity index (χ2n) is 4.58. The maximum Gasteiger partial charge on any atom is 0.328 e. The van der Waals surface area contributed by atoms with Gasteiger partial charge in [-0.3, -0.25) is 9.89 Å². The first-order valence-corrected chi connectivity index (χ1v) is 5.07. The molecule has 0 saturated carbocycles. The van der Waals surface area contributed by atoms with Gasteiger partial charge in [0.1, 0.15) is 0 Å². The lowest BCUT2D eigenvalue weighted by molar-refractivity contribution is -0.131. The van der Waals surface area contributed by atoms with Crippen LogP contribution in [-0.2, 0) is 15.0 Å². The normalized spacial score (nSPS) is 11.7. The summed E-state index contributed by atoms with van der Waals surface area (Å²) in [6.45, 7) is 6.03. The van der Waals surface area contributed by atoms with Gasteiger partial charge in [-0.1, -0.05) is 20.8 Å². The fourth-order valence-electron chi connectivity index (χ4n) is 1.08. The fourth-order valence-corrected chi connectivity index (χ4v) is 1.08. The highest BCUT2D eigenvalue weighted by Gasteiger charge is 2.16. The average Bonchev–Trinajstić information content (AvgIpc) is 2.62. The number of carboxylic acid groups (broad SMARTS) is 1. The molecule has 1 aromatic heterocycles. The monoisotopic (exact) mass is 237 g/mol. The van der Waals surface area contributed by atoms with Crippen LogP contribution in [0.1, 0.15) is 26.5 Å². The van der Waals surface area contributed by atoms with Crippen LogP contribution in [0.5, 0.6) is 0 Å². The summed E-state index contributed by atoms with van der Waals surface area (Å²) in [5.74, 6) is -1.33. The number of nitrogens with one attached hydrogen (secondary N) is 2. The van der Waals surface area contributed by atoms with Crippen LogP contribution in [0, 0.1) is 0 Å². The van der Waals surface area contributed by atoms with Crippen LogP contribution in [0.4, 0.5) is 5.82 Å². The average molecular weight is 237 g/mol. The number of aromatic nitrogens is 2. The van der Waals surface area contributed by atoms with Gasteiger partial charge in [-0.05, 0) is 0 Å². The molecule has 1 heterocycles. The third-order valence-electron chi connectivity index (χ3n) is 2.01. The minimum absolute atomic E-state index is 0.0904. The highest BCUT2D eigenvalue weighted by Crippen LogP contribution is 2.21. The van der Waals surface area contributed by atoms with Crippen LogP contribution in [0.2, 0.25) is 0 Å². The van der Waals surface area contributed by atoms with Crippen LogP contribution in [0.3, 0.4) is 0 Å². The van der Waals surface area contributed by atoms with Crippen molar-refractivity contribution in [3.05, 3.63) is 23.9 Å². The van der Waals surface area contributed by atoms with Gasteiger partial charge in [-0.15, -0.1) is 0 Å². The molecule has 0 aliphatic heterocycles. The highest BCUT2D eigenvalue weighted by molar-refractivity contribution is 6.01. The van der Waals surface area contributed by atoms with Crippen LogP contribution in [0.25, 0.3) is 0 Å². The molecule has 3 N–H and O–H groups in total. The molecule has 1 amide bonds. The smallest absolute Gasteiger partial charge is 0.328 e. The van der Waals surface area contributed by atoms with E-state index in [1.165, 1.54) is 0 Å². The van der Waals surface area contributed by atoms with Crippen LogP contribution >= 0.6 is 0 Å². The van der Waals surface area contributed by atoms with E-state index in [0.717, 1.165) is 17.8 Å². The number of H-pyrrole nitrogens is 1. The van der Waals surface area contributed by atoms with Crippen molar-refractivity contribution in [1.82, 2.24) is 10.2 Å². The third kappa shape index (κ3) is 4.10. The largest absolute Gasteiger partial charge is 0.478 e. The molecule has 0 aliphatic carbocycles. The molecule has 1 rings (SSSR count). The fraction of sp³-hybridized carbons (Fsp3) is 0.364. The van der Waals surface area contributed by atoms with E-state index in [1.54, 1.807) is 6.07 Å². The third-order valence-corrected chi connectivity index (χ3v) is 2.01. The van der Waals surface area contributed by atoms with Gasteiger partial charge < -0.3 is 10.4 Å². The quantitative estimate of drug-likeness (QED) is 0.690. The zero-order chi connectivity index (χ0) is 13.1. The Hall–Kier alpha value is -2.11. The summed E-state index contributed by atoms with van der Waals surface area (Å²) < 4.78 is 0. The first-order chi connectivity index (χ1) is 7.79. The second kappa shape index (κ2) is 4.82. The van der Waals surface area contributed by atoms with Crippen molar-refractivity contribution in [2.75, 3.05) is 5.32 Å². The van der Waals surface area contributed by atoms with E-state index in [-0.39, 0.29) is 5.41 Å². The molecule has 6 nitrogen and oxygen atoms in total. The van der Waals surface area contributed by atoms with Gasteiger partial charge in [0.25, 0.3) is 0 Å². The number of amides is 1. The van der Waals surface area contributed by atoms with Crippen molar-refractivity contribution in [3.8, 4) is 0 Å². The van der Waals surface area contributed by atoms with Gasteiger partial charge in [0.15, 0.2) is 5.82 Å². The number of hydrogen-bond donors (Lipinski definition) is 3. The van der Waals surface area contributed by atoms with E-state index in [0.29, 0.717) is 5.82 Å². The number of aliphatic carboxylic acids is 1. The maximum absolute atomic E-state index is 11.3. The van der Waals surface area contributed by atoms with Gasteiger partial charge in [0.2, 0.25) is 5.91 Å². The SMILES string of the molecule is CC(C)(C)c1cc(NC(=O)/C=C/C(=O)O)n[nH]1. The Bertz CT molecular complexity index is 455. The molecule has 0 fully saturated rings. The maximum atomic E-state index is 11.3. The number of carbonyl (C=O) groups excluding carboxylic acids is 1. The van der Waals surface area contributed by atoms with Gasteiger partial charge in [0, 0.05) is 29.3 Å². The van der Waals surface area contributed by atoms with E-state index in [4.69, 9.17) is 5.11 Å². The van der Waals surface area contributed by atoms with Crippen molar-refractivity contribution < 1.29 is 14.7 Å². The summed E-state index contributed by atoms with van der Waals surface area (Å²) in [6.07, 6.45) is 1.71. The lowest BCUT2D eigenvalue weighted by atomic mass is 9.92. The summed E-state index contributed by atoms with van der Waals surface area (Å²) >= 11 is 0. The number of carboxylic acids is 1. The molecule has 0 atom stereocenters. The number of aromatic amines is 1. The standard InChI is InChI=1S/C11H15N3O3/c1-11(2,3)7-6-8(14-13-7)12-9(15)4-5-10(16)17/h4-6H,1-3H3,(H,16,17)(H2,12,13,14,15)/b5-4+. The number of nitrogens with zero attached hydrogens (tertiary/aromatic N) is 1. The molecule has 0 unspecified atom stereocenters. The Morgan fingerprint density at radius 3 is 2.53 bits per heavy atom. The first kappa shape index (κ1) is 13.0. The van der Waals surface area contributed by atoms with Crippen molar-refractivity contribution in [3.63, 3.8) is 0 Å². The topological polar surface area (TPSA) is 95.1 Å². The van der Waals surface area contributed by atoms with E-state index in [1.807, 2.05) is 20.8 Å². The molecule has 6 heteroatoms. The summed E-state index contributed by atoms with van der Waals surface area (Å²) in [5.41, 5.74) is 0.794. The summed E-state index contributed by atoms with van der Waals surface area (Å²) in [6, 6.07) is 1.71. The molecule has 0 bridgehead atoms. The highest BCUT2D eigenvalue weighted by atomic mass is 16.4. The van der Waals surface area contributed by atoms with Crippen molar-refractivity contribution in [2.45, 2.75) is 26.2 Å². The van der Waals surface area contributed by atoms with Crippen molar-refractivity contribution >= 4 is 17.7 Å². The van der Waals surface area contributed by atoms with Crippen LogP contribution < -0.4 is 5.32 Å². The molecule has 0 aromatic carbocycles. The predicted octanol–water partition coefficient (Wildman–Crippen LogP) is 1.29. The van der Waals surface area contributed by atoms with Crippen molar-refractivity contribution in [2.24, 2.45) is 0 Å². The predicted molar refractivity (Wildman–Crippen MR) is 62.7 cm³/mol. The number of rotatable bonds is 3. The van der Waals surface area contributed by atoms with Gasteiger partial charge >= 0.3 is 5.97 Å². The molecule has 92 valence electrons. The van der Waals surface area contributed by atoms with E-state index < -0.39 is 11.9 Å². The van der Waals surface area contributed by atoms with Gasteiger partial charge in [-0.25, -0.2) is 4.79 Å². The Labute approximate surface area is 98.7 Å². The molecule has 0 radical (unpaired) electrons. The summed E-state index contributed by atoms with van der Waals surface area (Å²) in [5, 5.41) is 17.5.